The highest BCUT2D eigenvalue weighted by atomic mass is 19.4. The number of aryl methyl sites for hydroxylation is 1. The SMILES string of the molecule is Cn1cc(Nc2nccc(-c3cnc(NC(=O)CC(F)(F)F)nc3)n2)cn1. The molecule has 0 saturated carbocycles. The Morgan fingerprint density at radius 3 is 2.52 bits per heavy atom. The molecule has 0 aliphatic heterocycles. The standard InChI is InChI=1S/C15H13F3N8O/c1-26-8-10(7-22-26)23-14-19-3-2-11(24-14)9-5-20-13(21-6-9)25-12(27)4-15(16,17)18/h2-3,5-8H,4H2,1H3,(H,19,23,24)(H,20,21,25,27). The number of rotatable bonds is 5. The van der Waals surface area contributed by atoms with Crippen LogP contribution < -0.4 is 10.6 Å². The average Bonchev–Trinajstić information content (AvgIpc) is 2.99. The van der Waals surface area contributed by atoms with Crippen LogP contribution in [0.1, 0.15) is 6.42 Å². The summed E-state index contributed by atoms with van der Waals surface area (Å²) in [6.45, 7) is 0. The van der Waals surface area contributed by atoms with E-state index in [0.29, 0.717) is 22.9 Å². The number of nitrogens with one attached hydrogen (secondary N) is 2. The first-order valence-corrected chi connectivity index (χ1v) is 7.56. The highest BCUT2D eigenvalue weighted by Crippen LogP contribution is 2.21. The zero-order valence-corrected chi connectivity index (χ0v) is 13.9. The maximum Gasteiger partial charge on any atom is 0.397 e. The highest BCUT2D eigenvalue weighted by molar-refractivity contribution is 5.89. The van der Waals surface area contributed by atoms with Gasteiger partial charge in [0.25, 0.3) is 0 Å². The van der Waals surface area contributed by atoms with Gasteiger partial charge in [0.05, 0.1) is 17.6 Å². The van der Waals surface area contributed by atoms with Gasteiger partial charge in [-0.2, -0.15) is 18.3 Å². The zero-order valence-electron chi connectivity index (χ0n) is 13.9. The van der Waals surface area contributed by atoms with Crippen LogP contribution in [0.3, 0.4) is 0 Å². The van der Waals surface area contributed by atoms with Crippen LogP contribution in [0.2, 0.25) is 0 Å². The van der Waals surface area contributed by atoms with Gasteiger partial charge in [0, 0.05) is 37.4 Å². The second-order valence-corrected chi connectivity index (χ2v) is 5.43. The molecule has 3 aromatic heterocycles. The molecule has 3 aromatic rings. The third-order valence-electron chi connectivity index (χ3n) is 3.18. The Balaban J connectivity index is 1.69. The number of hydrogen-bond donors (Lipinski definition) is 2. The van der Waals surface area contributed by atoms with Gasteiger partial charge in [-0.05, 0) is 6.07 Å². The van der Waals surface area contributed by atoms with E-state index in [0.717, 1.165) is 0 Å². The van der Waals surface area contributed by atoms with Crippen LogP contribution in [-0.2, 0) is 11.8 Å². The Kier molecular flexibility index (Phi) is 4.96. The summed E-state index contributed by atoms with van der Waals surface area (Å²) in [6, 6.07) is 1.62. The summed E-state index contributed by atoms with van der Waals surface area (Å²) in [6.07, 6.45) is 1.37. The van der Waals surface area contributed by atoms with E-state index in [4.69, 9.17) is 0 Å². The summed E-state index contributed by atoms with van der Waals surface area (Å²) >= 11 is 0. The molecule has 0 aliphatic rings. The predicted molar refractivity (Wildman–Crippen MR) is 88.9 cm³/mol. The normalized spacial score (nSPS) is 11.3. The van der Waals surface area contributed by atoms with Crippen LogP contribution in [-0.4, -0.2) is 41.8 Å². The number of carbonyl (C=O) groups excluding carboxylic acids is 1. The van der Waals surface area contributed by atoms with E-state index in [9.17, 15) is 18.0 Å². The monoisotopic (exact) mass is 378 g/mol. The van der Waals surface area contributed by atoms with Gasteiger partial charge >= 0.3 is 6.18 Å². The fourth-order valence-electron chi connectivity index (χ4n) is 2.07. The topological polar surface area (TPSA) is 111 Å². The van der Waals surface area contributed by atoms with Gasteiger partial charge < -0.3 is 5.32 Å². The molecule has 1 amide bonds. The summed E-state index contributed by atoms with van der Waals surface area (Å²) < 4.78 is 38.1. The number of anilines is 3. The summed E-state index contributed by atoms with van der Waals surface area (Å²) in [5.74, 6) is -1.14. The Morgan fingerprint density at radius 1 is 1.15 bits per heavy atom. The molecule has 27 heavy (non-hydrogen) atoms. The minimum atomic E-state index is -4.59. The molecule has 0 unspecified atom stereocenters. The summed E-state index contributed by atoms with van der Waals surface area (Å²) in [7, 11) is 1.77. The van der Waals surface area contributed by atoms with E-state index in [1.54, 1.807) is 30.2 Å². The van der Waals surface area contributed by atoms with Gasteiger partial charge in [-0.25, -0.2) is 19.9 Å². The van der Waals surface area contributed by atoms with Gasteiger partial charge in [0.15, 0.2) is 0 Å². The molecule has 3 heterocycles. The maximum atomic E-state index is 12.2. The van der Waals surface area contributed by atoms with Crippen LogP contribution in [0, 0.1) is 0 Å². The Bertz CT molecular complexity index is 939. The lowest BCUT2D eigenvalue weighted by atomic mass is 10.2. The van der Waals surface area contributed by atoms with Crippen molar-refractivity contribution in [2.45, 2.75) is 12.6 Å². The van der Waals surface area contributed by atoms with Crippen LogP contribution in [0.15, 0.2) is 37.1 Å². The molecule has 12 heteroatoms. The number of halogens is 3. The molecule has 9 nitrogen and oxygen atoms in total. The first-order chi connectivity index (χ1) is 12.8. The van der Waals surface area contributed by atoms with E-state index in [-0.39, 0.29) is 5.95 Å². The van der Waals surface area contributed by atoms with Crippen molar-refractivity contribution < 1.29 is 18.0 Å². The van der Waals surface area contributed by atoms with Crippen molar-refractivity contribution in [2.24, 2.45) is 7.05 Å². The largest absolute Gasteiger partial charge is 0.397 e. The second kappa shape index (κ2) is 7.35. The van der Waals surface area contributed by atoms with Crippen molar-refractivity contribution in [1.29, 1.82) is 0 Å². The fourth-order valence-corrected chi connectivity index (χ4v) is 2.07. The van der Waals surface area contributed by atoms with Gasteiger partial charge in [-0.1, -0.05) is 0 Å². The maximum absolute atomic E-state index is 12.2. The number of carbonyl (C=O) groups is 1. The number of amides is 1. The van der Waals surface area contributed by atoms with E-state index in [1.807, 2.05) is 5.32 Å². The van der Waals surface area contributed by atoms with Crippen molar-refractivity contribution >= 4 is 23.5 Å². The molecule has 0 fully saturated rings. The first-order valence-electron chi connectivity index (χ1n) is 7.56. The Labute approximate surface area is 150 Å². The molecule has 0 spiro atoms. The summed E-state index contributed by atoms with van der Waals surface area (Å²) in [4.78, 5) is 27.3. The van der Waals surface area contributed by atoms with Crippen molar-refractivity contribution in [3.63, 3.8) is 0 Å². The molecule has 3 rings (SSSR count). The minimum Gasteiger partial charge on any atom is -0.321 e. The van der Waals surface area contributed by atoms with Crippen LogP contribution in [0.25, 0.3) is 11.3 Å². The molecule has 0 saturated heterocycles. The third kappa shape index (κ3) is 5.20. The lowest BCUT2D eigenvalue weighted by Crippen LogP contribution is -2.22. The third-order valence-corrected chi connectivity index (χ3v) is 3.18. The average molecular weight is 378 g/mol. The molecular formula is C15H13F3N8O. The molecular weight excluding hydrogens is 365 g/mol. The van der Waals surface area contributed by atoms with Gasteiger partial charge in [-0.15, -0.1) is 0 Å². The summed E-state index contributed by atoms with van der Waals surface area (Å²) in [5.41, 5.74) is 1.69. The smallest absolute Gasteiger partial charge is 0.321 e. The lowest BCUT2D eigenvalue weighted by molar-refractivity contribution is -0.150. The number of aromatic nitrogens is 6. The van der Waals surface area contributed by atoms with Crippen LogP contribution in [0.5, 0.6) is 0 Å². The van der Waals surface area contributed by atoms with Crippen molar-refractivity contribution in [3.8, 4) is 11.3 Å². The molecule has 0 bridgehead atoms. The summed E-state index contributed by atoms with van der Waals surface area (Å²) in [5, 5.41) is 8.99. The van der Waals surface area contributed by atoms with E-state index in [2.05, 4.69) is 30.4 Å². The minimum absolute atomic E-state index is 0.226. The lowest BCUT2D eigenvalue weighted by Gasteiger charge is -2.07. The molecule has 0 atom stereocenters. The predicted octanol–water partition coefficient (Wildman–Crippen LogP) is 2.30. The molecule has 2 N–H and O–H groups in total. The van der Waals surface area contributed by atoms with E-state index in [1.165, 1.54) is 18.6 Å². The Morgan fingerprint density at radius 2 is 1.89 bits per heavy atom. The second-order valence-electron chi connectivity index (χ2n) is 5.43. The fraction of sp³-hybridized carbons (Fsp3) is 0.200. The number of hydrogen-bond acceptors (Lipinski definition) is 7. The van der Waals surface area contributed by atoms with E-state index >= 15 is 0 Å². The number of nitrogens with zero attached hydrogens (tertiary/aromatic N) is 6. The van der Waals surface area contributed by atoms with Crippen molar-refractivity contribution in [3.05, 3.63) is 37.1 Å². The Hall–Kier alpha value is -3.57. The van der Waals surface area contributed by atoms with Crippen LogP contribution >= 0.6 is 0 Å². The van der Waals surface area contributed by atoms with Gasteiger partial charge in [0.2, 0.25) is 17.8 Å². The molecule has 0 radical (unpaired) electrons. The highest BCUT2D eigenvalue weighted by Gasteiger charge is 2.31. The van der Waals surface area contributed by atoms with Crippen molar-refractivity contribution in [2.75, 3.05) is 10.6 Å². The van der Waals surface area contributed by atoms with Gasteiger partial charge in [-0.3, -0.25) is 14.8 Å². The van der Waals surface area contributed by atoms with Crippen LogP contribution in [0.4, 0.5) is 30.8 Å². The number of alkyl halides is 3. The van der Waals surface area contributed by atoms with Gasteiger partial charge in [0.1, 0.15) is 6.42 Å². The molecule has 0 aromatic carbocycles. The van der Waals surface area contributed by atoms with Crippen molar-refractivity contribution in [1.82, 2.24) is 29.7 Å². The molecule has 140 valence electrons. The quantitative estimate of drug-likeness (QED) is 0.701. The van der Waals surface area contributed by atoms with E-state index < -0.39 is 18.5 Å². The molecule has 0 aliphatic carbocycles. The zero-order chi connectivity index (χ0) is 19.4. The first kappa shape index (κ1) is 18.2.